The van der Waals surface area contributed by atoms with E-state index in [4.69, 9.17) is 5.73 Å². The third-order valence-electron chi connectivity index (χ3n) is 8.80. The third-order valence-corrected chi connectivity index (χ3v) is 8.80. The van der Waals surface area contributed by atoms with Crippen LogP contribution in [0, 0.1) is 11.8 Å². The summed E-state index contributed by atoms with van der Waals surface area (Å²) in [6.07, 6.45) is 1.82. The fraction of sp³-hybridized carbons (Fsp3) is 0.500. The van der Waals surface area contributed by atoms with Gasteiger partial charge in [-0.2, -0.15) is 0 Å². The summed E-state index contributed by atoms with van der Waals surface area (Å²) in [5, 5.41) is 45.6. The zero-order valence-corrected chi connectivity index (χ0v) is 22.9. The summed E-state index contributed by atoms with van der Waals surface area (Å²) >= 11 is 0. The maximum Gasteiger partial charge on any atom is 0.257 e. The number of anilines is 1. The van der Waals surface area contributed by atoms with E-state index in [-0.39, 0.29) is 29.5 Å². The second-order valence-corrected chi connectivity index (χ2v) is 11.5. The Morgan fingerprint density at radius 2 is 1.70 bits per heavy atom. The molecule has 0 aromatic heterocycles. The van der Waals surface area contributed by atoms with E-state index in [0.717, 1.165) is 12.8 Å². The highest BCUT2D eigenvalue weighted by atomic mass is 16.3. The summed E-state index contributed by atoms with van der Waals surface area (Å²) in [7, 11) is 6.62. The van der Waals surface area contributed by atoms with Crippen molar-refractivity contribution in [3.63, 3.8) is 0 Å². The van der Waals surface area contributed by atoms with Gasteiger partial charge in [-0.1, -0.05) is 0 Å². The molecule has 1 aliphatic heterocycles. The summed E-state index contributed by atoms with van der Waals surface area (Å²) < 4.78 is 0. The number of nitrogens with zero attached hydrogens (tertiary/aromatic N) is 3. The molecule has 12 heteroatoms. The Balaban J connectivity index is 1.73. The van der Waals surface area contributed by atoms with Crippen LogP contribution in [0.4, 0.5) is 5.69 Å². The number of hydrogen-bond donors (Lipinski definition) is 5. The highest BCUT2D eigenvalue weighted by Gasteiger charge is 2.64. The normalized spacial score (nSPS) is 28.1. The molecule has 0 radical (unpaired) electrons. The SMILES string of the molecule is CN(C)c1cc(C(=O)N2CCCC2)c(O)c2c1C[C@H]1C[C@H]3[C@H](N(C)C)C(=O)C(C(N)=O)=C(O)[C@@]3(O)C(=O)C1=C2O. The molecule has 1 aromatic rings. The van der Waals surface area contributed by atoms with Crippen molar-refractivity contribution in [1.82, 2.24) is 9.80 Å². The number of hydrogen-bond acceptors (Lipinski definition) is 10. The van der Waals surface area contributed by atoms with Crippen molar-refractivity contribution in [2.75, 3.05) is 46.2 Å². The van der Waals surface area contributed by atoms with Crippen LogP contribution in [0.25, 0.3) is 5.76 Å². The second-order valence-electron chi connectivity index (χ2n) is 11.5. The first-order chi connectivity index (χ1) is 18.7. The van der Waals surface area contributed by atoms with Crippen LogP contribution in [0.2, 0.25) is 0 Å². The minimum atomic E-state index is -2.71. The summed E-state index contributed by atoms with van der Waals surface area (Å²) in [6.45, 7) is 1.07. The fourth-order valence-corrected chi connectivity index (χ4v) is 6.94. The zero-order valence-electron chi connectivity index (χ0n) is 22.9. The van der Waals surface area contributed by atoms with Gasteiger partial charge in [0.05, 0.1) is 17.2 Å². The van der Waals surface area contributed by atoms with Crippen molar-refractivity contribution in [3.8, 4) is 5.75 Å². The Morgan fingerprint density at radius 1 is 1.07 bits per heavy atom. The number of benzene rings is 1. The van der Waals surface area contributed by atoms with E-state index in [2.05, 4.69) is 0 Å². The Hall–Kier alpha value is -3.90. The van der Waals surface area contributed by atoms with E-state index in [1.165, 1.54) is 4.90 Å². The van der Waals surface area contributed by atoms with Gasteiger partial charge in [-0.25, -0.2) is 0 Å². The molecule has 2 amide bonds. The Bertz CT molecular complexity index is 1420. The Morgan fingerprint density at radius 3 is 2.25 bits per heavy atom. The maximum absolute atomic E-state index is 14.0. The number of ketones is 2. The number of carbonyl (C=O) groups excluding carboxylic acids is 4. The number of carbonyl (C=O) groups is 4. The van der Waals surface area contributed by atoms with E-state index in [1.807, 2.05) is 0 Å². The molecule has 4 aliphatic rings. The van der Waals surface area contributed by atoms with E-state index >= 15 is 0 Å². The van der Waals surface area contributed by atoms with Crippen LogP contribution in [0.15, 0.2) is 23.0 Å². The number of phenolic OH excluding ortho intramolecular Hbond substituents is 1. The van der Waals surface area contributed by atoms with Crippen molar-refractivity contribution in [1.29, 1.82) is 0 Å². The minimum absolute atomic E-state index is 0.00610. The number of aromatic hydroxyl groups is 1. The highest BCUT2D eigenvalue weighted by Crippen LogP contribution is 2.54. The lowest BCUT2D eigenvalue weighted by Gasteiger charge is -2.50. The van der Waals surface area contributed by atoms with E-state index in [0.29, 0.717) is 24.3 Å². The molecule has 1 saturated heterocycles. The number of rotatable bonds is 4. The number of nitrogens with two attached hydrogens (primary N) is 1. The molecule has 2 fully saturated rings. The summed E-state index contributed by atoms with van der Waals surface area (Å²) in [5.41, 5.74) is 2.49. The van der Waals surface area contributed by atoms with Gasteiger partial charge in [0.15, 0.2) is 11.4 Å². The molecule has 4 atom stereocenters. The number of aliphatic hydroxyl groups excluding tert-OH is 2. The predicted octanol–water partition coefficient (Wildman–Crippen LogP) is 0.266. The lowest BCUT2D eigenvalue weighted by molar-refractivity contribution is -0.153. The fourth-order valence-electron chi connectivity index (χ4n) is 6.94. The van der Waals surface area contributed by atoms with Crippen molar-refractivity contribution in [2.45, 2.75) is 37.3 Å². The van der Waals surface area contributed by atoms with Gasteiger partial charge in [-0.3, -0.25) is 24.1 Å². The van der Waals surface area contributed by atoms with Crippen molar-refractivity contribution in [3.05, 3.63) is 39.7 Å². The molecule has 6 N–H and O–H groups in total. The average molecular weight is 555 g/mol. The molecule has 1 aromatic carbocycles. The number of primary amides is 1. The quantitative estimate of drug-likeness (QED) is 0.324. The predicted molar refractivity (Wildman–Crippen MR) is 144 cm³/mol. The number of phenols is 1. The number of amides is 2. The monoisotopic (exact) mass is 554 g/mol. The largest absolute Gasteiger partial charge is 0.508 e. The molecule has 40 heavy (non-hydrogen) atoms. The Kier molecular flexibility index (Phi) is 6.46. The summed E-state index contributed by atoms with van der Waals surface area (Å²) in [5.74, 6) is -7.67. The highest BCUT2D eigenvalue weighted by molar-refractivity contribution is 6.24. The van der Waals surface area contributed by atoms with Gasteiger partial charge < -0.3 is 36.0 Å². The van der Waals surface area contributed by atoms with Gasteiger partial charge >= 0.3 is 0 Å². The van der Waals surface area contributed by atoms with Crippen LogP contribution >= 0.6 is 0 Å². The Labute approximate surface area is 231 Å². The molecule has 3 aliphatic carbocycles. The van der Waals surface area contributed by atoms with Crippen LogP contribution in [0.1, 0.15) is 40.7 Å². The topological polar surface area (TPSA) is 185 Å². The van der Waals surface area contributed by atoms with Crippen LogP contribution in [0.5, 0.6) is 5.75 Å². The number of fused-ring (bicyclic) bond motifs is 3. The van der Waals surface area contributed by atoms with Crippen LogP contribution in [-0.4, -0.2) is 107 Å². The molecular weight excluding hydrogens is 520 g/mol. The number of aliphatic hydroxyl groups is 3. The van der Waals surface area contributed by atoms with Crippen molar-refractivity contribution < 1.29 is 39.6 Å². The van der Waals surface area contributed by atoms with E-state index in [1.54, 1.807) is 44.1 Å². The van der Waals surface area contributed by atoms with Gasteiger partial charge in [-0.05, 0) is 57.3 Å². The molecule has 214 valence electrons. The molecular formula is C28H34N4O8. The second kappa shape index (κ2) is 9.34. The summed E-state index contributed by atoms with van der Waals surface area (Å²) in [6, 6.07) is 0.425. The minimum Gasteiger partial charge on any atom is -0.508 e. The van der Waals surface area contributed by atoms with E-state index < -0.39 is 69.7 Å². The molecule has 0 spiro atoms. The van der Waals surface area contributed by atoms with Crippen LogP contribution < -0.4 is 10.6 Å². The lowest BCUT2D eigenvalue weighted by atomic mass is 9.57. The molecule has 1 saturated carbocycles. The third kappa shape index (κ3) is 3.66. The number of likely N-dealkylation sites (N-methyl/N-ethyl adjacent to an activating group) is 1. The summed E-state index contributed by atoms with van der Waals surface area (Å²) in [4.78, 5) is 57.5. The molecule has 12 nitrogen and oxygen atoms in total. The molecule has 0 unspecified atom stereocenters. The van der Waals surface area contributed by atoms with Gasteiger partial charge in [0, 0.05) is 44.4 Å². The first-order valence-corrected chi connectivity index (χ1v) is 13.2. The van der Waals surface area contributed by atoms with Gasteiger partial charge in [-0.15, -0.1) is 0 Å². The van der Waals surface area contributed by atoms with E-state index in [9.17, 15) is 39.6 Å². The first-order valence-electron chi connectivity index (χ1n) is 13.2. The van der Waals surface area contributed by atoms with Crippen LogP contribution in [0.3, 0.4) is 0 Å². The smallest absolute Gasteiger partial charge is 0.257 e. The standard InChI is InChI=1S/C28H34N4O8/c1-30(2)16-11-14(27(39)32-7-5-6-8-32)21(33)18-13(16)9-12-10-15-20(31(3)4)23(35)19(26(29)38)25(37)28(15,40)24(36)17(12)22(18)34/h11-12,15,20,33-34,37,40H,5-10H2,1-4H3,(H2,29,38)/t12-,15-,20-,28-/m0/s1. The van der Waals surface area contributed by atoms with Gasteiger partial charge in [0.1, 0.15) is 22.8 Å². The van der Waals surface area contributed by atoms with Crippen LogP contribution in [-0.2, 0) is 20.8 Å². The zero-order chi connectivity index (χ0) is 29.4. The van der Waals surface area contributed by atoms with Crippen molar-refractivity contribution >= 4 is 34.8 Å². The molecule has 1 heterocycles. The molecule has 5 rings (SSSR count). The van der Waals surface area contributed by atoms with Crippen molar-refractivity contribution in [2.24, 2.45) is 17.6 Å². The molecule has 0 bridgehead atoms. The van der Waals surface area contributed by atoms with Gasteiger partial charge in [0.2, 0.25) is 5.78 Å². The van der Waals surface area contributed by atoms with Gasteiger partial charge in [0.25, 0.3) is 11.8 Å². The number of Topliss-reactive ketones (excluding diaryl/α,β-unsaturated/α-hetero) is 2. The maximum atomic E-state index is 14.0. The first kappa shape index (κ1) is 27.7. The lowest BCUT2D eigenvalue weighted by Crippen LogP contribution is -2.65. The average Bonchev–Trinajstić information content (AvgIpc) is 3.40. The number of likely N-dealkylation sites (tertiary alicyclic amines) is 1.